The van der Waals surface area contributed by atoms with Crippen LogP contribution in [0.1, 0.15) is 126 Å². The number of rotatable bonds is 36. The zero-order valence-corrected chi connectivity index (χ0v) is 50.5. The Hall–Kier alpha value is -2.36. The van der Waals surface area contributed by atoms with Crippen molar-refractivity contribution in [2.45, 2.75) is 219 Å². The van der Waals surface area contributed by atoms with Crippen LogP contribution in [0.25, 0.3) is 0 Å². The van der Waals surface area contributed by atoms with E-state index in [0.29, 0.717) is 39.1 Å². The Morgan fingerprint density at radius 2 is 1.37 bits per heavy atom. The van der Waals surface area contributed by atoms with Gasteiger partial charge in [-0.2, -0.15) is 0 Å². The first-order valence-corrected chi connectivity index (χ1v) is 32.4. The van der Waals surface area contributed by atoms with Crippen molar-refractivity contribution < 1.29 is 61.4 Å². The molecule has 1 saturated heterocycles. The van der Waals surface area contributed by atoms with E-state index in [1.807, 2.05) is 56.3 Å². The van der Waals surface area contributed by atoms with E-state index < -0.39 is 70.6 Å². The van der Waals surface area contributed by atoms with E-state index in [-0.39, 0.29) is 42.7 Å². The number of ketones is 1. The Kier molecular flexibility index (Phi) is 27.2. The molecular weight excluding hydrogens is 961 g/mol. The third-order valence-electron chi connectivity index (χ3n) is 15.6. The van der Waals surface area contributed by atoms with Gasteiger partial charge in [-0.15, -0.1) is 0 Å². The number of hydrogen-bond acceptors (Lipinski definition) is 13. The summed E-state index contributed by atoms with van der Waals surface area (Å²) in [5.74, 6) is -0.343. The number of carbonyl (C=O) groups excluding carboxylic acids is 1. The molecule has 1 fully saturated rings. The highest BCUT2D eigenvalue weighted by molar-refractivity contribution is 6.74. The number of aliphatic hydroxyl groups excluding tert-OH is 1. The summed E-state index contributed by atoms with van der Waals surface area (Å²) in [6, 6.07) is 21.0. The van der Waals surface area contributed by atoms with Gasteiger partial charge in [-0.1, -0.05) is 111 Å². The fraction of sp³-hybridized carbons (Fsp3) is 0.741. The molecule has 2 aromatic rings. The number of aliphatic hydroxyl groups is 1. The third-order valence-corrected chi connectivity index (χ3v) is 24.8. The summed E-state index contributed by atoms with van der Waals surface area (Å²) in [6.07, 6.45) is -0.0421. The summed E-state index contributed by atoms with van der Waals surface area (Å²) in [5, 5.41) is 12.1. The van der Waals surface area contributed by atoms with Gasteiger partial charge in [-0.25, -0.2) is 0 Å². The van der Waals surface area contributed by atoms with Crippen LogP contribution in [0.15, 0.2) is 66.2 Å². The molecule has 13 nitrogen and oxygen atoms in total. The topological polar surface area (TPSA) is 139 Å². The summed E-state index contributed by atoms with van der Waals surface area (Å²) in [6.45, 7) is 31.2. The zero-order valence-electron chi connectivity index (χ0n) is 48.5. The van der Waals surface area contributed by atoms with Crippen LogP contribution in [0.5, 0.6) is 5.75 Å². The van der Waals surface area contributed by atoms with Crippen LogP contribution in [-0.2, 0) is 64.8 Å². The first kappa shape index (κ1) is 64.9. The average Bonchev–Trinajstić information content (AvgIpc) is 3.67. The lowest BCUT2D eigenvalue weighted by Gasteiger charge is -2.41. The molecule has 1 N–H and O–H groups in total. The molecular formula is C58H100O13Si2. The molecule has 1 aliphatic rings. The minimum absolute atomic E-state index is 0.0445. The predicted molar refractivity (Wildman–Crippen MR) is 296 cm³/mol. The lowest BCUT2D eigenvalue weighted by molar-refractivity contribution is -0.164. The van der Waals surface area contributed by atoms with Crippen LogP contribution in [0.2, 0.25) is 36.3 Å². The van der Waals surface area contributed by atoms with Crippen LogP contribution < -0.4 is 4.74 Å². The molecule has 0 amide bonds. The molecule has 73 heavy (non-hydrogen) atoms. The molecule has 9 atom stereocenters. The summed E-state index contributed by atoms with van der Waals surface area (Å²) in [7, 11) is 2.07. The highest BCUT2D eigenvalue weighted by Crippen LogP contribution is 2.42. The summed E-state index contributed by atoms with van der Waals surface area (Å²) in [4.78, 5) is 15.1. The number of benzene rings is 2. The van der Waals surface area contributed by atoms with Gasteiger partial charge in [0.25, 0.3) is 0 Å². The maximum absolute atomic E-state index is 15.1. The Labute approximate surface area is 444 Å². The highest BCUT2D eigenvalue weighted by atomic mass is 28.4. The smallest absolute Gasteiger partial charge is 0.192 e. The maximum atomic E-state index is 15.1. The number of hydrogen-bond donors (Lipinski definition) is 1. The summed E-state index contributed by atoms with van der Waals surface area (Å²) in [5.41, 5.74) is 2.04. The third kappa shape index (κ3) is 20.2. The van der Waals surface area contributed by atoms with E-state index in [1.165, 1.54) is 0 Å². The molecule has 0 spiro atoms. The summed E-state index contributed by atoms with van der Waals surface area (Å²) >= 11 is 0. The van der Waals surface area contributed by atoms with Gasteiger partial charge in [0.1, 0.15) is 24.8 Å². The maximum Gasteiger partial charge on any atom is 0.192 e. The fourth-order valence-corrected chi connectivity index (χ4v) is 13.5. The number of ether oxygens (including phenoxy) is 9. The quantitative estimate of drug-likeness (QED) is 0.0394. The predicted octanol–water partition coefficient (Wildman–Crippen LogP) is 12.2. The molecule has 1 heterocycles. The second kappa shape index (κ2) is 30.5. The highest BCUT2D eigenvalue weighted by Gasteiger charge is 2.52. The van der Waals surface area contributed by atoms with Gasteiger partial charge < -0.3 is 56.6 Å². The summed E-state index contributed by atoms with van der Waals surface area (Å²) < 4.78 is 69.4. The van der Waals surface area contributed by atoms with Crippen LogP contribution in [0.3, 0.4) is 0 Å². The second-order valence-electron chi connectivity index (χ2n) is 22.7. The fourth-order valence-electron chi connectivity index (χ4n) is 9.26. The molecule has 15 heteroatoms. The Morgan fingerprint density at radius 3 is 1.90 bits per heavy atom. The normalized spacial score (nSPS) is 19.8. The van der Waals surface area contributed by atoms with Gasteiger partial charge in [0, 0.05) is 52.9 Å². The Morgan fingerprint density at radius 1 is 0.767 bits per heavy atom. The Bertz CT molecular complexity index is 1870. The zero-order chi connectivity index (χ0) is 54.6. The number of Topliss-reactive ketones (excluding diaryl/α,β-unsaturated/α-hetero) is 1. The van der Waals surface area contributed by atoms with Gasteiger partial charge in [0.2, 0.25) is 0 Å². The van der Waals surface area contributed by atoms with Gasteiger partial charge in [-0.05, 0) is 92.3 Å². The largest absolute Gasteiger partial charge is 0.497 e. The van der Waals surface area contributed by atoms with Crippen molar-refractivity contribution in [2.75, 3.05) is 48.4 Å². The SMILES string of the molecule is CC[C@H](/C=C(/C)[C@H](C[C@H](C[C@@H](O)C(C)(C)C(=O)[C@@H]1OC(C)(C)O[C@@H]1C[C@H](C[C@@H](OC)[C@@H](COCc1ccc(OC)cc1)OCOC)O[Si](C)(C)C(C)(C)C)OC)O[Si](CC)(CC)CC)COCc1ccccc1. The van der Waals surface area contributed by atoms with Gasteiger partial charge in [0.15, 0.2) is 28.2 Å². The van der Waals surface area contributed by atoms with E-state index in [4.69, 9.17) is 51.5 Å². The van der Waals surface area contributed by atoms with Crippen molar-refractivity contribution in [2.24, 2.45) is 11.3 Å². The second-order valence-corrected chi connectivity index (χ2v) is 32.2. The lowest BCUT2D eigenvalue weighted by Crippen LogP contribution is -2.50. The molecule has 418 valence electrons. The van der Waals surface area contributed by atoms with E-state index in [2.05, 4.69) is 86.7 Å². The van der Waals surface area contributed by atoms with Gasteiger partial charge >= 0.3 is 0 Å². The van der Waals surface area contributed by atoms with E-state index >= 15 is 4.79 Å². The molecule has 0 radical (unpaired) electrons. The van der Waals surface area contributed by atoms with E-state index in [9.17, 15) is 5.11 Å². The Balaban J connectivity index is 1.89. The molecule has 0 aliphatic carbocycles. The van der Waals surface area contributed by atoms with Crippen LogP contribution in [-0.4, -0.2) is 131 Å². The van der Waals surface area contributed by atoms with Crippen molar-refractivity contribution in [3.8, 4) is 5.75 Å². The van der Waals surface area contributed by atoms with Crippen molar-refractivity contribution in [1.29, 1.82) is 0 Å². The van der Waals surface area contributed by atoms with Crippen LogP contribution in [0, 0.1) is 11.3 Å². The van der Waals surface area contributed by atoms with Crippen molar-refractivity contribution in [1.82, 2.24) is 0 Å². The minimum atomic E-state index is -2.41. The van der Waals surface area contributed by atoms with Gasteiger partial charge in [-0.3, -0.25) is 4.79 Å². The molecule has 0 saturated carbocycles. The molecule has 2 aromatic carbocycles. The minimum Gasteiger partial charge on any atom is -0.497 e. The molecule has 3 rings (SSSR count). The van der Waals surface area contributed by atoms with Crippen molar-refractivity contribution >= 4 is 22.4 Å². The van der Waals surface area contributed by atoms with E-state index in [1.54, 1.807) is 42.3 Å². The first-order chi connectivity index (χ1) is 34.4. The molecule has 1 aliphatic heterocycles. The molecule has 0 unspecified atom stereocenters. The first-order valence-electron chi connectivity index (χ1n) is 27.0. The van der Waals surface area contributed by atoms with E-state index in [0.717, 1.165) is 47.0 Å². The van der Waals surface area contributed by atoms with Crippen LogP contribution in [0.4, 0.5) is 0 Å². The van der Waals surface area contributed by atoms with Crippen molar-refractivity contribution in [3.05, 3.63) is 77.4 Å². The monoisotopic (exact) mass is 1060 g/mol. The molecule has 0 aromatic heterocycles. The van der Waals surface area contributed by atoms with Crippen molar-refractivity contribution in [3.63, 3.8) is 0 Å². The standard InChI is InChI=1S/C58H100O13Si2/c1-19-43(37-65-38-44-26-24-23-25-27-44)32-42(5)49(71-73(20-2,21-3)22-4)33-47(63-15)36-53(59)57(9,10)55(60)54-51(68-58(11,12)69-54)35-48(70-72(17,18)56(6,7)8)34-50(64-16)52(67-41-61-13)40-66-39-45-28-30-46(62-14)31-29-45/h23-32,43,47-54,59H,19-22,33-41H2,1-18H3/b42-32-/t43-,47-,48+,49+,50-,51-,52-,53-,54-/m1/s1. The average molecular weight is 1060 g/mol. The molecule has 0 bridgehead atoms. The lowest BCUT2D eigenvalue weighted by atomic mass is 9.76. The number of carbonyl (C=O) groups is 1. The number of methoxy groups -OCH3 is 4. The van der Waals surface area contributed by atoms with Gasteiger partial charge in [0.05, 0.1) is 75.6 Å². The van der Waals surface area contributed by atoms with Crippen LogP contribution >= 0.6 is 0 Å².